The third-order valence-electron chi connectivity index (χ3n) is 5.34. The third kappa shape index (κ3) is 3.61. The van der Waals surface area contributed by atoms with Crippen molar-refractivity contribution in [2.24, 2.45) is 0 Å². The summed E-state index contributed by atoms with van der Waals surface area (Å²) in [5, 5.41) is 3.34. The molecule has 2 aromatic carbocycles. The largest absolute Gasteiger partial charge is 0.454 e. The number of hydrogen-bond acceptors (Lipinski definition) is 5. The van der Waals surface area contributed by atoms with Crippen LogP contribution < -0.4 is 14.8 Å². The third-order valence-corrected chi connectivity index (χ3v) is 5.34. The molecule has 0 saturated heterocycles. The van der Waals surface area contributed by atoms with Gasteiger partial charge in [0.2, 0.25) is 6.79 Å². The first-order valence-electron chi connectivity index (χ1n) is 9.70. The number of carbonyl (C=O) groups excluding carboxylic acids is 1. The van der Waals surface area contributed by atoms with Gasteiger partial charge in [-0.1, -0.05) is 30.3 Å². The van der Waals surface area contributed by atoms with Gasteiger partial charge in [0.1, 0.15) is 0 Å². The lowest BCUT2D eigenvalue weighted by atomic mass is 9.99. The number of fused-ring (bicyclic) bond motifs is 2. The summed E-state index contributed by atoms with van der Waals surface area (Å²) >= 11 is 0. The maximum absolute atomic E-state index is 13.0. The molecule has 0 bridgehead atoms. The molecule has 0 spiro atoms. The molecule has 2 aliphatic heterocycles. The summed E-state index contributed by atoms with van der Waals surface area (Å²) in [5.41, 5.74) is 5.02. The number of nitrogens with one attached hydrogen (secondary N) is 1. The fourth-order valence-corrected chi connectivity index (χ4v) is 3.76. The van der Waals surface area contributed by atoms with Crippen LogP contribution in [0.3, 0.4) is 0 Å². The molecule has 0 saturated carbocycles. The van der Waals surface area contributed by atoms with Crippen LogP contribution in [-0.2, 0) is 19.5 Å². The van der Waals surface area contributed by atoms with Gasteiger partial charge in [0.15, 0.2) is 11.5 Å². The highest BCUT2D eigenvalue weighted by Gasteiger charge is 2.22. The minimum atomic E-state index is 0.0127. The molecule has 2 aliphatic rings. The Kier molecular flexibility index (Phi) is 4.52. The molecule has 29 heavy (non-hydrogen) atoms. The number of pyridine rings is 1. The van der Waals surface area contributed by atoms with Crippen molar-refractivity contribution in [2.75, 3.05) is 18.7 Å². The molecule has 5 rings (SSSR count). The number of nitrogens with zero attached hydrogens (tertiary/aromatic N) is 2. The van der Waals surface area contributed by atoms with E-state index in [9.17, 15) is 4.79 Å². The lowest BCUT2D eigenvalue weighted by Gasteiger charge is -2.29. The Bertz CT molecular complexity index is 1070. The summed E-state index contributed by atoms with van der Waals surface area (Å²) in [7, 11) is 0. The fourth-order valence-electron chi connectivity index (χ4n) is 3.76. The van der Waals surface area contributed by atoms with E-state index < -0.39 is 0 Å². The quantitative estimate of drug-likeness (QED) is 0.741. The zero-order chi connectivity index (χ0) is 19.6. The van der Waals surface area contributed by atoms with E-state index in [0.717, 1.165) is 35.7 Å². The number of ether oxygens (including phenoxy) is 2. The number of rotatable bonds is 4. The van der Waals surface area contributed by atoms with Gasteiger partial charge in [-0.3, -0.25) is 9.78 Å². The Morgan fingerprint density at radius 2 is 1.90 bits per heavy atom. The van der Waals surface area contributed by atoms with Gasteiger partial charge in [-0.2, -0.15) is 0 Å². The van der Waals surface area contributed by atoms with Crippen molar-refractivity contribution in [3.05, 3.63) is 83.2 Å². The van der Waals surface area contributed by atoms with Gasteiger partial charge in [0.25, 0.3) is 5.91 Å². The minimum absolute atomic E-state index is 0.0127. The molecule has 1 aromatic heterocycles. The molecular weight excluding hydrogens is 366 g/mol. The lowest BCUT2D eigenvalue weighted by molar-refractivity contribution is 0.0734. The summed E-state index contributed by atoms with van der Waals surface area (Å²) < 4.78 is 10.8. The predicted molar refractivity (Wildman–Crippen MR) is 109 cm³/mol. The van der Waals surface area contributed by atoms with Crippen molar-refractivity contribution in [2.45, 2.75) is 19.5 Å². The van der Waals surface area contributed by atoms with Gasteiger partial charge >= 0.3 is 0 Å². The second kappa shape index (κ2) is 7.47. The van der Waals surface area contributed by atoms with Crippen LogP contribution in [-0.4, -0.2) is 29.1 Å². The van der Waals surface area contributed by atoms with Gasteiger partial charge < -0.3 is 19.7 Å². The number of hydrogen-bond donors (Lipinski definition) is 1. The highest BCUT2D eigenvalue weighted by Crippen LogP contribution is 2.32. The second-order valence-electron chi connectivity index (χ2n) is 7.25. The molecule has 0 fully saturated rings. The van der Waals surface area contributed by atoms with E-state index in [1.807, 2.05) is 35.2 Å². The van der Waals surface area contributed by atoms with Crippen molar-refractivity contribution < 1.29 is 14.3 Å². The van der Waals surface area contributed by atoms with E-state index in [2.05, 4.69) is 28.5 Å². The average Bonchev–Trinajstić information content (AvgIpc) is 3.25. The highest BCUT2D eigenvalue weighted by molar-refractivity contribution is 5.94. The second-order valence-corrected chi connectivity index (χ2v) is 7.25. The topological polar surface area (TPSA) is 63.7 Å². The maximum atomic E-state index is 13.0. The van der Waals surface area contributed by atoms with E-state index in [1.165, 1.54) is 11.1 Å². The molecule has 0 unspecified atom stereocenters. The molecule has 146 valence electrons. The van der Waals surface area contributed by atoms with Crippen LogP contribution in [0, 0.1) is 0 Å². The SMILES string of the molecule is O=C(c1cncc(NCc2ccc3c(c2)OCO3)c1)N1CCc2ccccc2C1. The molecule has 6 heteroatoms. The van der Waals surface area contributed by atoms with Crippen molar-refractivity contribution in [1.29, 1.82) is 0 Å². The molecule has 0 radical (unpaired) electrons. The summed E-state index contributed by atoms with van der Waals surface area (Å²) in [5.74, 6) is 1.54. The highest BCUT2D eigenvalue weighted by atomic mass is 16.7. The first-order chi connectivity index (χ1) is 14.3. The molecule has 3 aromatic rings. The monoisotopic (exact) mass is 387 g/mol. The maximum Gasteiger partial charge on any atom is 0.255 e. The zero-order valence-electron chi connectivity index (χ0n) is 15.9. The summed E-state index contributed by atoms with van der Waals surface area (Å²) in [6, 6.07) is 16.0. The van der Waals surface area contributed by atoms with Crippen LogP contribution >= 0.6 is 0 Å². The Morgan fingerprint density at radius 1 is 1.03 bits per heavy atom. The molecule has 3 heterocycles. The Balaban J connectivity index is 1.27. The Morgan fingerprint density at radius 3 is 2.83 bits per heavy atom. The number of aromatic nitrogens is 1. The molecular formula is C23H21N3O3. The van der Waals surface area contributed by atoms with Crippen LogP contribution in [0.15, 0.2) is 60.9 Å². The number of anilines is 1. The van der Waals surface area contributed by atoms with E-state index >= 15 is 0 Å². The molecule has 0 aliphatic carbocycles. The van der Waals surface area contributed by atoms with Crippen molar-refractivity contribution in [3.63, 3.8) is 0 Å². The molecule has 6 nitrogen and oxygen atoms in total. The zero-order valence-corrected chi connectivity index (χ0v) is 15.9. The number of amides is 1. The van der Waals surface area contributed by atoms with E-state index in [0.29, 0.717) is 18.7 Å². The van der Waals surface area contributed by atoms with Crippen LogP contribution in [0.25, 0.3) is 0 Å². The summed E-state index contributed by atoms with van der Waals surface area (Å²) in [6.45, 7) is 2.24. The lowest BCUT2D eigenvalue weighted by Crippen LogP contribution is -2.36. The van der Waals surface area contributed by atoms with Crippen LogP contribution in [0.5, 0.6) is 11.5 Å². The molecule has 1 amide bonds. The van der Waals surface area contributed by atoms with Gasteiger partial charge in [0, 0.05) is 32.0 Å². The smallest absolute Gasteiger partial charge is 0.255 e. The number of carbonyl (C=O) groups is 1. The van der Waals surface area contributed by atoms with E-state index in [4.69, 9.17) is 9.47 Å². The minimum Gasteiger partial charge on any atom is -0.454 e. The van der Waals surface area contributed by atoms with Gasteiger partial charge in [-0.25, -0.2) is 0 Å². The first-order valence-corrected chi connectivity index (χ1v) is 9.70. The summed E-state index contributed by atoms with van der Waals surface area (Å²) in [4.78, 5) is 19.1. The molecule has 0 atom stereocenters. The van der Waals surface area contributed by atoms with Crippen molar-refractivity contribution in [1.82, 2.24) is 9.88 Å². The average molecular weight is 387 g/mol. The number of benzene rings is 2. The normalized spacial score (nSPS) is 14.4. The van der Waals surface area contributed by atoms with E-state index in [1.54, 1.807) is 12.4 Å². The van der Waals surface area contributed by atoms with Crippen LogP contribution in [0.2, 0.25) is 0 Å². The van der Waals surface area contributed by atoms with Crippen LogP contribution in [0.4, 0.5) is 5.69 Å². The van der Waals surface area contributed by atoms with Crippen molar-refractivity contribution >= 4 is 11.6 Å². The molecule has 1 N–H and O–H groups in total. The Hall–Kier alpha value is -3.54. The summed E-state index contributed by atoms with van der Waals surface area (Å²) in [6.07, 6.45) is 4.25. The predicted octanol–water partition coefficient (Wildman–Crippen LogP) is 3.62. The van der Waals surface area contributed by atoms with Gasteiger partial charge in [-0.15, -0.1) is 0 Å². The van der Waals surface area contributed by atoms with E-state index in [-0.39, 0.29) is 12.7 Å². The van der Waals surface area contributed by atoms with Gasteiger partial charge in [-0.05, 0) is 41.3 Å². The van der Waals surface area contributed by atoms with Crippen LogP contribution in [0.1, 0.15) is 27.0 Å². The van der Waals surface area contributed by atoms with Gasteiger partial charge in [0.05, 0.1) is 11.3 Å². The standard InChI is InChI=1S/C23H21N3O3/c27-23(26-8-7-17-3-1-2-4-18(17)14-26)19-10-20(13-24-12-19)25-11-16-5-6-21-22(9-16)29-15-28-21/h1-6,9-10,12-13,25H,7-8,11,14-15H2. The van der Waals surface area contributed by atoms with Crippen molar-refractivity contribution in [3.8, 4) is 11.5 Å². The fraction of sp³-hybridized carbons (Fsp3) is 0.217. The Labute approximate surface area is 169 Å². The first kappa shape index (κ1) is 17.6.